The second-order valence-electron chi connectivity index (χ2n) is 11.0. The molecule has 0 aromatic carbocycles. The second kappa shape index (κ2) is 9.46. The van der Waals surface area contributed by atoms with Crippen LogP contribution in [-0.4, -0.2) is 52.4 Å². The molecule has 0 radical (unpaired) electrons. The molecule has 4 saturated carbocycles. The molecule has 4 amide bonds. The quantitative estimate of drug-likeness (QED) is 0.589. The second-order valence-corrected chi connectivity index (χ2v) is 11.4. The number of nitrogens with zero attached hydrogens (tertiary/aromatic N) is 2. The molecular weight excluding hydrogens is 454 g/mol. The Hall–Kier alpha value is -2.19. The van der Waals surface area contributed by atoms with Crippen molar-refractivity contribution in [3.8, 4) is 0 Å². The van der Waals surface area contributed by atoms with Crippen molar-refractivity contribution in [2.24, 2.45) is 23.7 Å². The molecule has 1 saturated heterocycles. The van der Waals surface area contributed by atoms with Gasteiger partial charge in [-0.3, -0.25) is 19.8 Å². The maximum atomic E-state index is 12.9. The molecule has 2 atom stereocenters. The normalized spacial score (nSPS) is 33.2. The summed E-state index contributed by atoms with van der Waals surface area (Å²) in [5.74, 6) is 1.94. The minimum Gasteiger partial charge on any atom is -0.332 e. The summed E-state index contributed by atoms with van der Waals surface area (Å²) in [6, 6.07) is 2.47. The smallest absolute Gasteiger partial charge is 0.321 e. The zero-order valence-corrected chi connectivity index (χ0v) is 20.4. The summed E-state index contributed by atoms with van der Waals surface area (Å²) in [5, 5.41) is 9.13. The molecular formula is C25H34ClN5O3. The van der Waals surface area contributed by atoms with Crippen LogP contribution in [0.5, 0.6) is 0 Å². The van der Waals surface area contributed by atoms with E-state index in [1.807, 2.05) is 4.90 Å². The molecule has 6 rings (SSSR count). The topological polar surface area (TPSA) is 103 Å². The van der Waals surface area contributed by atoms with E-state index in [0.29, 0.717) is 23.9 Å². The van der Waals surface area contributed by atoms with Crippen molar-refractivity contribution in [2.75, 3.05) is 18.4 Å². The van der Waals surface area contributed by atoms with E-state index in [2.05, 4.69) is 20.9 Å². The van der Waals surface area contributed by atoms with Gasteiger partial charge in [-0.2, -0.15) is 0 Å². The number of hydrogen-bond acceptors (Lipinski definition) is 5. The molecule has 9 heteroatoms. The van der Waals surface area contributed by atoms with E-state index in [9.17, 15) is 14.4 Å². The third kappa shape index (κ3) is 5.08. The van der Waals surface area contributed by atoms with Gasteiger partial charge in [0, 0.05) is 18.3 Å². The molecule has 2 heterocycles. The Balaban J connectivity index is 1.13. The molecule has 5 fully saturated rings. The molecule has 1 aromatic heterocycles. The number of urea groups is 1. The van der Waals surface area contributed by atoms with Crippen LogP contribution in [0.3, 0.4) is 0 Å². The molecule has 8 nitrogen and oxygen atoms in total. The van der Waals surface area contributed by atoms with Gasteiger partial charge < -0.3 is 10.6 Å². The monoisotopic (exact) mass is 487 g/mol. The van der Waals surface area contributed by atoms with Crippen molar-refractivity contribution in [3.63, 3.8) is 0 Å². The fourth-order valence-corrected chi connectivity index (χ4v) is 7.28. The van der Waals surface area contributed by atoms with E-state index in [1.54, 1.807) is 19.1 Å². The number of likely N-dealkylation sites (tertiary alicyclic amines) is 1. The average molecular weight is 488 g/mol. The summed E-state index contributed by atoms with van der Waals surface area (Å²) in [5.41, 5.74) is -0.133. The fourth-order valence-electron chi connectivity index (χ4n) is 7.17. The van der Waals surface area contributed by atoms with Gasteiger partial charge in [-0.05, 0) is 94.7 Å². The summed E-state index contributed by atoms with van der Waals surface area (Å²) in [6.45, 7) is 2.98. The maximum absolute atomic E-state index is 12.9. The molecule has 5 aliphatic rings. The van der Waals surface area contributed by atoms with Gasteiger partial charge in [-0.15, -0.1) is 0 Å². The highest BCUT2D eigenvalue weighted by Gasteiger charge is 2.51. The van der Waals surface area contributed by atoms with E-state index >= 15 is 0 Å². The van der Waals surface area contributed by atoms with Crippen LogP contribution in [0.4, 0.5) is 10.6 Å². The lowest BCUT2D eigenvalue weighted by Gasteiger charge is -2.56. The van der Waals surface area contributed by atoms with Gasteiger partial charge >= 0.3 is 6.03 Å². The van der Waals surface area contributed by atoms with Crippen molar-refractivity contribution >= 4 is 35.3 Å². The highest BCUT2D eigenvalue weighted by atomic mass is 35.5. The molecule has 4 aliphatic carbocycles. The van der Waals surface area contributed by atoms with Crippen LogP contribution in [-0.2, 0) is 9.59 Å². The van der Waals surface area contributed by atoms with Crippen LogP contribution in [0.1, 0.15) is 58.3 Å². The number of amides is 4. The summed E-state index contributed by atoms with van der Waals surface area (Å²) in [4.78, 5) is 44.5. The number of hydrogen-bond donors (Lipinski definition) is 3. The maximum Gasteiger partial charge on any atom is 0.321 e. The number of rotatable bonds is 5. The number of imide groups is 1. The van der Waals surface area contributed by atoms with Crippen molar-refractivity contribution in [2.45, 2.75) is 69.9 Å². The first-order valence-corrected chi connectivity index (χ1v) is 13.0. The predicted molar refractivity (Wildman–Crippen MR) is 129 cm³/mol. The first-order valence-electron chi connectivity index (χ1n) is 12.6. The lowest BCUT2D eigenvalue weighted by molar-refractivity contribution is -0.128. The van der Waals surface area contributed by atoms with Crippen molar-refractivity contribution in [1.29, 1.82) is 0 Å². The molecule has 0 spiro atoms. The van der Waals surface area contributed by atoms with Crippen molar-refractivity contribution < 1.29 is 14.4 Å². The highest BCUT2D eigenvalue weighted by Crippen LogP contribution is 2.55. The van der Waals surface area contributed by atoms with Gasteiger partial charge in [0.1, 0.15) is 5.82 Å². The zero-order valence-electron chi connectivity index (χ0n) is 19.7. The number of anilines is 1. The summed E-state index contributed by atoms with van der Waals surface area (Å²) in [7, 11) is 0. The lowest BCUT2D eigenvalue weighted by Crippen LogP contribution is -2.62. The Bertz CT molecular complexity index is 917. The van der Waals surface area contributed by atoms with Gasteiger partial charge in [0.15, 0.2) is 0 Å². The molecule has 4 bridgehead atoms. The van der Waals surface area contributed by atoms with Crippen LogP contribution in [0.25, 0.3) is 0 Å². The fraction of sp³-hybridized carbons (Fsp3) is 0.680. The molecule has 2 unspecified atom stereocenters. The van der Waals surface area contributed by atoms with Crippen molar-refractivity contribution in [3.05, 3.63) is 23.4 Å². The van der Waals surface area contributed by atoms with E-state index in [1.165, 1.54) is 25.5 Å². The number of pyridine rings is 1. The number of piperidine rings is 1. The van der Waals surface area contributed by atoms with Crippen LogP contribution >= 0.6 is 11.6 Å². The van der Waals surface area contributed by atoms with Crippen molar-refractivity contribution in [1.82, 2.24) is 20.5 Å². The minimum absolute atomic E-state index is 0.119. The third-order valence-corrected chi connectivity index (χ3v) is 8.61. The van der Waals surface area contributed by atoms with E-state index in [4.69, 9.17) is 11.6 Å². The summed E-state index contributed by atoms with van der Waals surface area (Å²) in [6.07, 6.45) is 10.1. The number of nitrogens with one attached hydrogen (secondary N) is 3. The SMILES string of the molecule is CC(C(=O)NC(=O)NC12CC3CC(CC(C3)C1)C2)N1CCCC(C(=O)Nc2ccc(Cl)cn2)C1. The van der Waals surface area contributed by atoms with Gasteiger partial charge in [0.25, 0.3) is 0 Å². The highest BCUT2D eigenvalue weighted by molar-refractivity contribution is 6.30. The number of carbonyl (C=O) groups excluding carboxylic acids is 3. The predicted octanol–water partition coefficient (Wildman–Crippen LogP) is 3.57. The molecule has 3 N–H and O–H groups in total. The van der Waals surface area contributed by atoms with Crippen LogP contribution < -0.4 is 16.0 Å². The van der Waals surface area contributed by atoms with Crippen LogP contribution in [0.2, 0.25) is 5.02 Å². The number of halogens is 1. The zero-order chi connectivity index (χ0) is 23.9. The molecule has 34 heavy (non-hydrogen) atoms. The van der Waals surface area contributed by atoms with Crippen LogP contribution in [0, 0.1) is 23.7 Å². The van der Waals surface area contributed by atoms with Gasteiger partial charge in [0.2, 0.25) is 11.8 Å². The van der Waals surface area contributed by atoms with Crippen LogP contribution in [0.15, 0.2) is 18.3 Å². The first-order chi connectivity index (χ1) is 16.3. The van der Waals surface area contributed by atoms with Gasteiger partial charge in [-0.1, -0.05) is 11.6 Å². The van der Waals surface area contributed by atoms with E-state index in [0.717, 1.165) is 49.9 Å². The molecule has 1 aromatic rings. The molecule has 1 aliphatic heterocycles. The standard InChI is InChI=1S/C25H34ClN5O3/c1-15(31-6-2-3-19(14-31)23(33)28-21-5-4-20(26)13-27-21)22(32)29-24(34)30-25-10-16-7-17(11-25)9-18(8-16)12-25/h4-5,13,15-19H,2-3,6-12,14H2,1H3,(H,27,28,33)(H2,29,30,32,34). The summed E-state index contributed by atoms with van der Waals surface area (Å²) < 4.78 is 0. The van der Waals surface area contributed by atoms with E-state index in [-0.39, 0.29) is 29.3 Å². The molecule has 184 valence electrons. The first kappa shape index (κ1) is 23.5. The van der Waals surface area contributed by atoms with E-state index < -0.39 is 6.04 Å². The number of carbonyl (C=O) groups is 3. The van der Waals surface area contributed by atoms with Gasteiger partial charge in [-0.25, -0.2) is 9.78 Å². The number of aromatic nitrogens is 1. The summed E-state index contributed by atoms with van der Waals surface area (Å²) >= 11 is 5.86. The largest absolute Gasteiger partial charge is 0.332 e. The Labute approximate surface area is 205 Å². The minimum atomic E-state index is -0.494. The Morgan fingerprint density at radius 3 is 2.41 bits per heavy atom. The Kier molecular flexibility index (Phi) is 6.55. The average Bonchev–Trinajstić information content (AvgIpc) is 2.78. The third-order valence-electron chi connectivity index (χ3n) is 8.38. The Morgan fingerprint density at radius 2 is 1.79 bits per heavy atom. The Morgan fingerprint density at radius 1 is 1.12 bits per heavy atom. The lowest BCUT2D eigenvalue weighted by atomic mass is 9.53. The van der Waals surface area contributed by atoms with Gasteiger partial charge in [0.05, 0.1) is 17.0 Å².